The van der Waals surface area contributed by atoms with E-state index in [2.05, 4.69) is 0 Å². The molecular weight excluding hydrogens is 239 g/mol. The van der Waals surface area contributed by atoms with Crippen LogP contribution in [0.5, 0.6) is 5.75 Å². The summed E-state index contributed by atoms with van der Waals surface area (Å²) in [6.07, 6.45) is 0. The Kier molecular flexibility index (Phi) is 2.65. The Bertz CT molecular complexity index is 518. The summed E-state index contributed by atoms with van der Waals surface area (Å²) in [6.45, 7) is 4.75. The van der Waals surface area contributed by atoms with Gasteiger partial charge in [0.25, 0.3) is 5.78 Å². The van der Waals surface area contributed by atoms with Crippen molar-refractivity contribution in [3.8, 4) is 5.75 Å². The maximum absolute atomic E-state index is 14.4. The van der Waals surface area contributed by atoms with Gasteiger partial charge in [-0.2, -0.15) is 4.39 Å². The first-order valence-electron chi connectivity index (χ1n) is 5.49. The molecule has 5 heteroatoms. The minimum atomic E-state index is -3.07. The van der Waals surface area contributed by atoms with E-state index in [0.29, 0.717) is 0 Å². The van der Waals surface area contributed by atoms with Crippen LogP contribution in [-0.2, 0) is 9.53 Å². The molecule has 2 rings (SSSR count). The summed E-state index contributed by atoms with van der Waals surface area (Å²) in [6, 6.07) is 6.00. The van der Waals surface area contributed by atoms with Crippen LogP contribution < -0.4 is 4.74 Å². The van der Waals surface area contributed by atoms with Gasteiger partial charge < -0.3 is 9.47 Å². The van der Waals surface area contributed by atoms with Crippen LogP contribution >= 0.6 is 0 Å². The highest BCUT2D eigenvalue weighted by atomic mass is 19.2. The summed E-state index contributed by atoms with van der Waals surface area (Å²) in [7, 11) is 0. The summed E-state index contributed by atoms with van der Waals surface area (Å²) >= 11 is 0. The number of hydrogen-bond acceptors (Lipinski definition) is 4. The van der Waals surface area contributed by atoms with Gasteiger partial charge in [-0.3, -0.25) is 4.79 Å². The quantitative estimate of drug-likeness (QED) is 0.568. The number of halogens is 1. The molecule has 0 saturated carbocycles. The fourth-order valence-corrected chi connectivity index (χ4v) is 1.59. The maximum Gasteiger partial charge on any atom is 0.410 e. The van der Waals surface area contributed by atoms with Crippen LogP contribution in [0, 0.1) is 0 Å². The van der Waals surface area contributed by atoms with Gasteiger partial charge in [-0.15, -0.1) is 0 Å². The molecule has 1 atom stereocenters. The molecule has 1 heterocycles. The lowest BCUT2D eigenvalue weighted by atomic mass is 10.1. The average molecular weight is 252 g/mol. The lowest BCUT2D eigenvalue weighted by molar-refractivity contribution is -0.181. The molecule has 1 aromatic carbocycles. The lowest BCUT2D eigenvalue weighted by Crippen LogP contribution is -2.47. The number of benzene rings is 1. The number of ether oxygens (including phenoxy) is 2. The van der Waals surface area contributed by atoms with Gasteiger partial charge in [-0.1, -0.05) is 12.1 Å². The zero-order valence-corrected chi connectivity index (χ0v) is 10.3. The van der Waals surface area contributed by atoms with E-state index in [1.54, 1.807) is 32.9 Å². The van der Waals surface area contributed by atoms with E-state index >= 15 is 0 Å². The molecule has 96 valence electrons. The highest BCUT2D eigenvalue weighted by Gasteiger charge is 2.57. The standard InChI is InChI=1S/C13H13FO4/c1-12(2,3)18-11(16)13(14)10(15)8-6-4-5-7-9(8)17-13/h4-7H,1-3H3/t13-/m1/s1. The third-order valence-corrected chi connectivity index (χ3v) is 2.34. The molecule has 0 N–H and O–H groups in total. The molecule has 4 nitrogen and oxygen atoms in total. The van der Waals surface area contributed by atoms with Crippen LogP contribution in [0.15, 0.2) is 24.3 Å². The summed E-state index contributed by atoms with van der Waals surface area (Å²) in [4.78, 5) is 23.6. The van der Waals surface area contributed by atoms with Crippen molar-refractivity contribution in [1.82, 2.24) is 0 Å². The fraction of sp³-hybridized carbons (Fsp3) is 0.385. The second-order valence-corrected chi connectivity index (χ2v) is 5.02. The van der Waals surface area contributed by atoms with Crippen molar-refractivity contribution in [2.75, 3.05) is 0 Å². The van der Waals surface area contributed by atoms with Crippen molar-refractivity contribution in [2.24, 2.45) is 0 Å². The first kappa shape index (κ1) is 12.5. The highest BCUT2D eigenvalue weighted by Crippen LogP contribution is 2.37. The Morgan fingerprint density at radius 2 is 1.94 bits per heavy atom. The van der Waals surface area contributed by atoms with Crippen LogP contribution in [0.1, 0.15) is 31.1 Å². The Morgan fingerprint density at radius 3 is 2.50 bits per heavy atom. The molecule has 0 aliphatic carbocycles. The molecular formula is C13H13FO4. The zero-order chi connectivity index (χ0) is 13.6. The van der Waals surface area contributed by atoms with Gasteiger partial charge in [-0.05, 0) is 32.9 Å². The SMILES string of the molecule is CC(C)(C)OC(=O)[C@]1(F)Oc2ccccc2C1=O. The molecule has 0 fully saturated rings. The summed E-state index contributed by atoms with van der Waals surface area (Å²) in [5.74, 6) is -5.36. The number of rotatable bonds is 1. The molecule has 0 saturated heterocycles. The lowest BCUT2D eigenvalue weighted by Gasteiger charge is -2.24. The monoisotopic (exact) mass is 252 g/mol. The van der Waals surface area contributed by atoms with Crippen molar-refractivity contribution in [1.29, 1.82) is 0 Å². The smallest absolute Gasteiger partial charge is 0.410 e. The average Bonchev–Trinajstić information content (AvgIpc) is 2.51. The minimum Gasteiger partial charge on any atom is -0.454 e. The van der Waals surface area contributed by atoms with Crippen molar-refractivity contribution in [3.05, 3.63) is 29.8 Å². The third-order valence-electron chi connectivity index (χ3n) is 2.34. The van der Waals surface area contributed by atoms with Crippen molar-refractivity contribution >= 4 is 11.8 Å². The van der Waals surface area contributed by atoms with Crippen molar-refractivity contribution in [2.45, 2.75) is 32.2 Å². The number of esters is 1. The van der Waals surface area contributed by atoms with Gasteiger partial charge in [0.2, 0.25) is 0 Å². The van der Waals surface area contributed by atoms with E-state index in [1.165, 1.54) is 12.1 Å². The molecule has 0 spiro atoms. The van der Waals surface area contributed by atoms with E-state index in [0.717, 1.165) is 0 Å². The molecule has 1 aromatic rings. The minimum absolute atomic E-state index is 0.0471. The molecule has 0 radical (unpaired) electrons. The van der Waals surface area contributed by atoms with Gasteiger partial charge in [0.15, 0.2) is 0 Å². The van der Waals surface area contributed by atoms with E-state index in [9.17, 15) is 14.0 Å². The predicted molar refractivity (Wildman–Crippen MR) is 61.1 cm³/mol. The van der Waals surface area contributed by atoms with Crippen LogP contribution in [0.25, 0.3) is 0 Å². The van der Waals surface area contributed by atoms with Crippen LogP contribution in [0.3, 0.4) is 0 Å². The maximum atomic E-state index is 14.4. The van der Waals surface area contributed by atoms with E-state index in [1.807, 2.05) is 0 Å². The Balaban J connectivity index is 2.31. The Labute approximate surface area is 104 Å². The second kappa shape index (κ2) is 3.80. The summed E-state index contributed by atoms with van der Waals surface area (Å²) in [5, 5.41) is 0. The second-order valence-electron chi connectivity index (χ2n) is 5.02. The van der Waals surface area contributed by atoms with Crippen molar-refractivity contribution < 1.29 is 23.5 Å². The van der Waals surface area contributed by atoms with Crippen LogP contribution in [-0.4, -0.2) is 23.2 Å². The van der Waals surface area contributed by atoms with E-state index in [4.69, 9.17) is 9.47 Å². The highest BCUT2D eigenvalue weighted by molar-refractivity contribution is 6.17. The van der Waals surface area contributed by atoms with Gasteiger partial charge in [0, 0.05) is 0 Å². The first-order chi connectivity index (χ1) is 8.24. The normalized spacial score (nSPS) is 22.3. The number of carbonyl (C=O) groups is 2. The van der Waals surface area contributed by atoms with Gasteiger partial charge >= 0.3 is 11.8 Å². The van der Waals surface area contributed by atoms with Gasteiger partial charge in [0.1, 0.15) is 11.4 Å². The largest absolute Gasteiger partial charge is 0.454 e. The Hall–Kier alpha value is -1.91. The number of alkyl halides is 1. The number of para-hydroxylation sites is 1. The topological polar surface area (TPSA) is 52.6 Å². The molecule has 0 bridgehead atoms. The number of fused-ring (bicyclic) bond motifs is 1. The fourth-order valence-electron chi connectivity index (χ4n) is 1.59. The zero-order valence-electron chi connectivity index (χ0n) is 10.3. The van der Waals surface area contributed by atoms with Crippen LogP contribution in [0.2, 0.25) is 0 Å². The molecule has 18 heavy (non-hydrogen) atoms. The molecule has 0 aromatic heterocycles. The number of Topliss-reactive ketones (excluding diaryl/α,β-unsaturated/α-hetero) is 1. The molecule has 1 aliphatic rings. The first-order valence-corrected chi connectivity index (χ1v) is 5.49. The van der Waals surface area contributed by atoms with Gasteiger partial charge in [0.05, 0.1) is 5.56 Å². The van der Waals surface area contributed by atoms with E-state index < -0.39 is 23.2 Å². The third kappa shape index (κ3) is 1.96. The summed E-state index contributed by atoms with van der Waals surface area (Å²) < 4.78 is 24.1. The molecule has 1 aliphatic heterocycles. The molecule has 0 unspecified atom stereocenters. The number of ketones is 1. The predicted octanol–water partition coefficient (Wildman–Crippen LogP) is 2.27. The number of carbonyl (C=O) groups excluding carboxylic acids is 2. The molecule has 0 amide bonds. The Morgan fingerprint density at radius 1 is 1.33 bits per heavy atom. The van der Waals surface area contributed by atoms with Crippen molar-refractivity contribution in [3.63, 3.8) is 0 Å². The number of hydrogen-bond donors (Lipinski definition) is 0. The summed E-state index contributed by atoms with van der Waals surface area (Å²) in [5.41, 5.74) is -0.847. The van der Waals surface area contributed by atoms with E-state index in [-0.39, 0.29) is 11.3 Å². The van der Waals surface area contributed by atoms with Crippen LogP contribution in [0.4, 0.5) is 4.39 Å². The van der Waals surface area contributed by atoms with Gasteiger partial charge in [-0.25, -0.2) is 4.79 Å².